The summed E-state index contributed by atoms with van der Waals surface area (Å²) in [5.41, 5.74) is 3.15. The van der Waals surface area contributed by atoms with E-state index in [2.05, 4.69) is 46.3 Å². The second kappa shape index (κ2) is 7.87. The van der Waals surface area contributed by atoms with E-state index in [9.17, 15) is 5.26 Å². The average Bonchev–Trinajstić information content (AvgIpc) is 3.15. The number of piperazine rings is 1. The van der Waals surface area contributed by atoms with E-state index in [1.165, 1.54) is 0 Å². The topological polar surface area (TPSA) is 78.5 Å². The monoisotopic (exact) mass is 376 g/mol. The molecule has 1 fully saturated rings. The van der Waals surface area contributed by atoms with Crippen molar-refractivity contribution in [3.63, 3.8) is 0 Å². The highest BCUT2D eigenvalue weighted by Gasteiger charge is 2.16. The molecule has 3 aromatic rings. The summed E-state index contributed by atoms with van der Waals surface area (Å²) < 4.78 is 7.64. The number of nitrogens with one attached hydrogen (secondary N) is 1. The molecule has 0 atom stereocenters. The van der Waals surface area contributed by atoms with Crippen molar-refractivity contribution in [2.24, 2.45) is 5.92 Å². The van der Waals surface area contributed by atoms with Crippen molar-refractivity contribution in [1.82, 2.24) is 19.9 Å². The number of rotatable bonds is 5. The predicted molar refractivity (Wildman–Crippen MR) is 109 cm³/mol. The molecule has 0 bridgehead atoms. The van der Waals surface area contributed by atoms with Gasteiger partial charge in [-0.2, -0.15) is 10.4 Å². The molecule has 0 saturated carbocycles. The molecule has 0 spiro atoms. The van der Waals surface area contributed by atoms with Gasteiger partial charge in [-0.3, -0.25) is 0 Å². The standard InChI is InChI=1S/C21H24N6O/c1-15(2)14-28-18-9-19(21-17(10-22)12-25-27(21)13-18)16-3-4-20(24-11-16)26-7-5-23-6-8-26/h3-4,9,11-13,15,23H,5-8,14H2,1-2H3. The van der Waals surface area contributed by atoms with Gasteiger partial charge >= 0.3 is 0 Å². The summed E-state index contributed by atoms with van der Waals surface area (Å²) in [5, 5.41) is 17.2. The average molecular weight is 376 g/mol. The van der Waals surface area contributed by atoms with Gasteiger partial charge in [0.1, 0.15) is 17.6 Å². The van der Waals surface area contributed by atoms with E-state index < -0.39 is 0 Å². The summed E-state index contributed by atoms with van der Waals surface area (Å²) in [7, 11) is 0. The molecule has 1 N–H and O–H groups in total. The van der Waals surface area contributed by atoms with Crippen LogP contribution >= 0.6 is 0 Å². The third kappa shape index (κ3) is 3.64. The third-order valence-electron chi connectivity index (χ3n) is 4.79. The largest absolute Gasteiger partial charge is 0.492 e. The quantitative estimate of drug-likeness (QED) is 0.738. The van der Waals surface area contributed by atoms with Crippen molar-refractivity contribution < 1.29 is 4.74 Å². The van der Waals surface area contributed by atoms with Crippen molar-refractivity contribution in [3.05, 3.63) is 42.4 Å². The first-order chi connectivity index (χ1) is 13.7. The Morgan fingerprint density at radius 2 is 2.07 bits per heavy atom. The maximum atomic E-state index is 9.49. The molecule has 0 aliphatic carbocycles. The highest BCUT2D eigenvalue weighted by Crippen LogP contribution is 2.31. The number of nitriles is 1. The molecule has 144 valence electrons. The molecule has 0 aromatic carbocycles. The normalized spacial score (nSPS) is 14.4. The van der Waals surface area contributed by atoms with Gasteiger partial charge in [0.25, 0.3) is 0 Å². The van der Waals surface area contributed by atoms with Crippen LogP contribution in [0.25, 0.3) is 16.6 Å². The lowest BCUT2D eigenvalue weighted by Crippen LogP contribution is -2.43. The molecule has 1 saturated heterocycles. The fourth-order valence-corrected chi connectivity index (χ4v) is 3.37. The molecule has 7 nitrogen and oxygen atoms in total. The van der Waals surface area contributed by atoms with Gasteiger partial charge in [0.15, 0.2) is 0 Å². The summed E-state index contributed by atoms with van der Waals surface area (Å²) >= 11 is 0. The van der Waals surface area contributed by atoms with E-state index in [4.69, 9.17) is 4.74 Å². The number of aromatic nitrogens is 3. The predicted octanol–water partition coefficient (Wildman–Crippen LogP) is 2.71. The molecule has 4 rings (SSSR count). The number of pyridine rings is 2. The van der Waals surface area contributed by atoms with E-state index in [0.29, 0.717) is 18.1 Å². The molecule has 7 heteroatoms. The highest BCUT2D eigenvalue weighted by atomic mass is 16.5. The lowest BCUT2D eigenvalue weighted by atomic mass is 10.1. The van der Waals surface area contributed by atoms with Crippen molar-refractivity contribution in [2.75, 3.05) is 37.7 Å². The van der Waals surface area contributed by atoms with Crippen LogP contribution in [0.1, 0.15) is 19.4 Å². The fourth-order valence-electron chi connectivity index (χ4n) is 3.37. The number of ether oxygens (including phenoxy) is 1. The van der Waals surface area contributed by atoms with Gasteiger partial charge in [-0.25, -0.2) is 9.50 Å². The van der Waals surface area contributed by atoms with Gasteiger partial charge in [-0.05, 0) is 24.1 Å². The van der Waals surface area contributed by atoms with Crippen LogP contribution in [-0.2, 0) is 0 Å². The molecular formula is C21H24N6O. The Kier molecular flexibility index (Phi) is 5.13. The smallest absolute Gasteiger partial charge is 0.138 e. The van der Waals surface area contributed by atoms with E-state index in [0.717, 1.165) is 54.4 Å². The summed E-state index contributed by atoms with van der Waals surface area (Å²) in [6.07, 6.45) is 5.28. The Morgan fingerprint density at radius 3 is 2.75 bits per heavy atom. The Hall–Kier alpha value is -3.11. The SMILES string of the molecule is CC(C)COc1cc(-c2ccc(N3CCNCC3)nc2)c2c(C#N)cnn2c1. The van der Waals surface area contributed by atoms with Crippen LogP contribution in [-0.4, -0.2) is 47.4 Å². The Bertz CT molecular complexity index is 996. The molecule has 28 heavy (non-hydrogen) atoms. The first-order valence-electron chi connectivity index (χ1n) is 9.62. The fraction of sp³-hybridized carbons (Fsp3) is 0.381. The van der Waals surface area contributed by atoms with E-state index in [-0.39, 0.29) is 0 Å². The van der Waals surface area contributed by atoms with Gasteiger partial charge in [-0.1, -0.05) is 13.8 Å². The zero-order chi connectivity index (χ0) is 19.5. The minimum absolute atomic E-state index is 0.423. The van der Waals surface area contributed by atoms with Crippen LogP contribution in [0.5, 0.6) is 5.75 Å². The Morgan fingerprint density at radius 1 is 1.25 bits per heavy atom. The summed E-state index contributed by atoms with van der Waals surface area (Å²) in [5.74, 6) is 2.13. The van der Waals surface area contributed by atoms with Crippen LogP contribution in [0.15, 0.2) is 36.8 Å². The number of nitrogens with zero attached hydrogens (tertiary/aromatic N) is 5. The van der Waals surface area contributed by atoms with Crippen LogP contribution in [0.4, 0.5) is 5.82 Å². The summed E-state index contributed by atoms with van der Waals surface area (Å²) in [6.45, 7) is 8.70. The maximum absolute atomic E-state index is 9.49. The van der Waals surface area contributed by atoms with Crippen LogP contribution < -0.4 is 15.0 Å². The molecule has 4 heterocycles. The van der Waals surface area contributed by atoms with Crippen LogP contribution in [0, 0.1) is 17.2 Å². The van der Waals surface area contributed by atoms with Crippen molar-refractivity contribution in [2.45, 2.75) is 13.8 Å². The second-order valence-corrected chi connectivity index (χ2v) is 7.40. The third-order valence-corrected chi connectivity index (χ3v) is 4.79. The van der Waals surface area contributed by atoms with Crippen LogP contribution in [0.2, 0.25) is 0 Å². The number of fused-ring (bicyclic) bond motifs is 1. The second-order valence-electron chi connectivity index (χ2n) is 7.40. The van der Waals surface area contributed by atoms with Crippen molar-refractivity contribution in [1.29, 1.82) is 5.26 Å². The zero-order valence-electron chi connectivity index (χ0n) is 16.2. The zero-order valence-corrected chi connectivity index (χ0v) is 16.2. The minimum atomic E-state index is 0.423. The molecular weight excluding hydrogens is 352 g/mol. The molecule has 1 aliphatic heterocycles. The summed E-state index contributed by atoms with van der Waals surface area (Å²) in [6, 6.07) is 8.31. The Labute approximate surface area is 164 Å². The lowest BCUT2D eigenvalue weighted by molar-refractivity contribution is 0.270. The van der Waals surface area contributed by atoms with Gasteiger partial charge < -0.3 is 15.0 Å². The molecule has 0 unspecified atom stereocenters. The maximum Gasteiger partial charge on any atom is 0.138 e. The van der Waals surface area contributed by atoms with Gasteiger partial charge in [0.05, 0.1) is 30.1 Å². The number of anilines is 1. The molecule has 3 aromatic heterocycles. The van der Waals surface area contributed by atoms with Crippen molar-refractivity contribution in [3.8, 4) is 22.9 Å². The van der Waals surface area contributed by atoms with Gasteiger partial charge in [0, 0.05) is 43.5 Å². The minimum Gasteiger partial charge on any atom is -0.492 e. The molecule has 1 aliphatic rings. The van der Waals surface area contributed by atoms with E-state index in [1.54, 1.807) is 10.7 Å². The van der Waals surface area contributed by atoms with E-state index >= 15 is 0 Å². The lowest BCUT2D eigenvalue weighted by Gasteiger charge is -2.28. The summed E-state index contributed by atoms with van der Waals surface area (Å²) in [4.78, 5) is 6.95. The first-order valence-corrected chi connectivity index (χ1v) is 9.62. The molecule has 0 radical (unpaired) electrons. The van der Waals surface area contributed by atoms with Crippen LogP contribution in [0.3, 0.4) is 0 Å². The Balaban J connectivity index is 1.73. The highest BCUT2D eigenvalue weighted by molar-refractivity contribution is 5.85. The first kappa shape index (κ1) is 18.3. The van der Waals surface area contributed by atoms with Gasteiger partial charge in [0.2, 0.25) is 0 Å². The molecule has 0 amide bonds. The van der Waals surface area contributed by atoms with Gasteiger partial charge in [-0.15, -0.1) is 0 Å². The van der Waals surface area contributed by atoms with Crippen molar-refractivity contribution >= 4 is 11.3 Å². The van der Waals surface area contributed by atoms with E-state index in [1.807, 2.05) is 24.5 Å². The number of hydrogen-bond donors (Lipinski definition) is 1. The number of hydrogen-bond acceptors (Lipinski definition) is 6.